The number of aromatic nitrogens is 2. The summed E-state index contributed by atoms with van der Waals surface area (Å²) in [5.41, 5.74) is 5.24. The number of hydrogen-bond acceptors (Lipinski definition) is 5. The van der Waals surface area contributed by atoms with Gasteiger partial charge in [-0.3, -0.25) is 9.69 Å². The molecule has 1 saturated heterocycles. The highest BCUT2D eigenvalue weighted by molar-refractivity contribution is 5.87. The molecule has 0 bridgehead atoms. The van der Waals surface area contributed by atoms with E-state index in [1.807, 2.05) is 35.2 Å². The fraction of sp³-hybridized carbons (Fsp3) is 0.286. The molecule has 1 amide bonds. The molecular formula is C21H19F3N4O2. The third kappa shape index (κ3) is 3.80. The Labute approximate surface area is 170 Å². The minimum absolute atomic E-state index is 0.0829. The largest absolute Gasteiger partial charge is 0.416 e. The average molecular weight is 416 g/mol. The highest BCUT2D eigenvalue weighted by Gasteiger charge is 2.45. The first kappa shape index (κ1) is 20.1. The van der Waals surface area contributed by atoms with E-state index in [0.29, 0.717) is 19.5 Å². The maximum absolute atomic E-state index is 12.9. The Bertz CT molecular complexity index is 1050. The molecule has 6 nitrogen and oxygen atoms in total. The Morgan fingerprint density at radius 3 is 2.63 bits per heavy atom. The van der Waals surface area contributed by atoms with Crippen LogP contribution in [0.25, 0.3) is 11.4 Å². The topological polar surface area (TPSA) is 85.3 Å². The molecule has 1 atom stereocenters. The molecule has 30 heavy (non-hydrogen) atoms. The van der Waals surface area contributed by atoms with Crippen LogP contribution in [0.4, 0.5) is 13.2 Å². The molecule has 156 valence electrons. The van der Waals surface area contributed by atoms with Gasteiger partial charge in [0.05, 0.1) is 17.5 Å². The first-order chi connectivity index (χ1) is 14.3. The van der Waals surface area contributed by atoms with Crippen LogP contribution in [0.1, 0.15) is 23.4 Å². The molecule has 3 aromatic rings. The van der Waals surface area contributed by atoms with Gasteiger partial charge in [-0.05, 0) is 24.1 Å². The fourth-order valence-corrected chi connectivity index (χ4v) is 3.82. The molecule has 4 rings (SSSR count). The Kier molecular flexibility index (Phi) is 5.07. The number of halogens is 3. The summed E-state index contributed by atoms with van der Waals surface area (Å²) in [6, 6.07) is 14.1. The van der Waals surface area contributed by atoms with Crippen molar-refractivity contribution in [3.8, 4) is 11.4 Å². The summed E-state index contributed by atoms with van der Waals surface area (Å²) in [6.45, 7) is 1.26. The quantitative estimate of drug-likeness (QED) is 0.689. The van der Waals surface area contributed by atoms with E-state index in [2.05, 4.69) is 10.1 Å². The van der Waals surface area contributed by atoms with E-state index in [9.17, 15) is 18.0 Å². The smallest absolute Gasteiger partial charge is 0.369 e. The van der Waals surface area contributed by atoms with Gasteiger partial charge in [-0.1, -0.05) is 47.6 Å². The maximum Gasteiger partial charge on any atom is 0.416 e. The van der Waals surface area contributed by atoms with Crippen molar-refractivity contribution in [3.63, 3.8) is 0 Å². The summed E-state index contributed by atoms with van der Waals surface area (Å²) < 4.78 is 44.0. The van der Waals surface area contributed by atoms with E-state index < -0.39 is 23.1 Å². The molecule has 1 fully saturated rings. The number of rotatable bonds is 5. The molecule has 0 saturated carbocycles. The van der Waals surface area contributed by atoms with Gasteiger partial charge in [-0.25, -0.2) is 0 Å². The lowest BCUT2D eigenvalue weighted by molar-refractivity contribution is -0.137. The number of carbonyl (C=O) groups excluding carboxylic acids is 1. The summed E-state index contributed by atoms with van der Waals surface area (Å²) in [6.07, 6.45) is -3.89. The van der Waals surface area contributed by atoms with Crippen molar-refractivity contribution < 1.29 is 22.5 Å². The molecule has 2 aromatic carbocycles. The Morgan fingerprint density at radius 2 is 1.93 bits per heavy atom. The van der Waals surface area contributed by atoms with Crippen molar-refractivity contribution in [2.24, 2.45) is 5.73 Å². The second-order valence-electron chi connectivity index (χ2n) is 7.36. The lowest BCUT2D eigenvalue weighted by Crippen LogP contribution is -2.43. The molecule has 2 N–H and O–H groups in total. The van der Waals surface area contributed by atoms with Crippen molar-refractivity contribution in [3.05, 3.63) is 71.6 Å². The van der Waals surface area contributed by atoms with Crippen LogP contribution in [0, 0.1) is 0 Å². The number of nitrogens with two attached hydrogens (primary N) is 1. The van der Waals surface area contributed by atoms with Crippen LogP contribution in [-0.4, -0.2) is 34.0 Å². The average Bonchev–Trinajstić information content (AvgIpc) is 3.37. The molecule has 0 radical (unpaired) electrons. The summed E-state index contributed by atoms with van der Waals surface area (Å²) in [4.78, 5) is 18.5. The molecule has 1 aliphatic rings. The predicted molar refractivity (Wildman–Crippen MR) is 102 cm³/mol. The van der Waals surface area contributed by atoms with E-state index in [1.54, 1.807) is 0 Å². The van der Waals surface area contributed by atoms with Crippen molar-refractivity contribution in [1.29, 1.82) is 0 Å². The summed E-state index contributed by atoms with van der Waals surface area (Å²) in [5.74, 6) is -0.0540. The lowest BCUT2D eigenvalue weighted by Gasteiger charge is -2.26. The SMILES string of the molecule is NC(=O)C1(c2ccccc2)CCN(Cc2nc(-c3cccc(C(F)(F)F)c3)no2)C1. The number of hydrogen-bond donors (Lipinski definition) is 1. The fourth-order valence-electron chi connectivity index (χ4n) is 3.82. The highest BCUT2D eigenvalue weighted by atomic mass is 19.4. The van der Waals surface area contributed by atoms with Crippen LogP contribution in [-0.2, 0) is 22.9 Å². The van der Waals surface area contributed by atoms with Gasteiger partial charge in [0, 0.05) is 18.7 Å². The van der Waals surface area contributed by atoms with E-state index in [4.69, 9.17) is 10.3 Å². The predicted octanol–water partition coefficient (Wildman–Crippen LogP) is 3.38. The Hall–Kier alpha value is -3.20. The minimum atomic E-state index is -4.45. The lowest BCUT2D eigenvalue weighted by atomic mass is 9.79. The molecule has 9 heteroatoms. The van der Waals surface area contributed by atoms with Gasteiger partial charge in [-0.15, -0.1) is 0 Å². The monoisotopic (exact) mass is 416 g/mol. The molecule has 1 aromatic heterocycles. The van der Waals surface area contributed by atoms with E-state index in [-0.39, 0.29) is 23.8 Å². The molecular weight excluding hydrogens is 397 g/mol. The zero-order valence-corrected chi connectivity index (χ0v) is 15.9. The van der Waals surface area contributed by atoms with Crippen LogP contribution in [0.15, 0.2) is 59.1 Å². The molecule has 0 aliphatic carbocycles. The van der Waals surface area contributed by atoms with Crippen molar-refractivity contribution in [2.45, 2.75) is 24.6 Å². The van der Waals surface area contributed by atoms with E-state index in [1.165, 1.54) is 12.1 Å². The number of primary amides is 1. The summed E-state index contributed by atoms with van der Waals surface area (Å²) in [7, 11) is 0. The number of alkyl halides is 3. The van der Waals surface area contributed by atoms with Gasteiger partial charge < -0.3 is 10.3 Å². The van der Waals surface area contributed by atoms with Crippen molar-refractivity contribution >= 4 is 5.91 Å². The van der Waals surface area contributed by atoms with Crippen molar-refractivity contribution in [1.82, 2.24) is 15.0 Å². The standard InChI is InChI=1S/C21H19F3N4O2/c22-21(23,24)16-8-4-5-14(11-16)18-26-17(30-27-18)12-28-10-9-20(13-28,19(25)29)15-6-2-1-3-7-15/h1-8,11H,9-10,12-13H2,(H2,25,29). The van der Waals surface area contributed by atoms with Gasteiger partial charge in [0.15, 0.2) is 0 Å². The number of amides is 1. The second kappa shape index (κ2) is 7.56. The summed E-state index contributed by atoms with van der Waals surface area (Å²) in [5, 5.41) is 3.81. The zero-order chi connectivity index (χ0) is 21.4. The third-order valence-corrected chi connectivity index (χ3v) is 5.42. The van der Waals surface area contributed by atoms with Gasteiger partial charge >= 0.3 is 6.18 Å². The summed E-state index contributed by atoms with van der Waals surface area (Å²) >= 11 is 0. The third-order valence-electron chi connectivity index (χ3n) is 5.42. The van der Waals surface area contributed by atoms with Crippen LogP contribution in [0.5, 0.6) is 0 Å². The van der Waals surface area contributed by atoms with Crippen LogP contribution >= 0.6 is 0 Å². The molecule has 0 spiro atoms. The Morgan fingerprint density at radius 1 is 1.17 bits per heavy atom. The van der Waals surface area contributed by atoms with Gasteiger partial charge in [0.1, 0.15) is 0 Å². The first-order valence-corrected chi connectivity index (χ1v) is 9.36. The number of nitrogens with zero attached hydrogens (tertiary/aromatic N) is 3. The Balaban J connectivity index is 1.51. The van der Waals surface area contributed by atoms with Crippen LogP contribution in [0.2, 0.25) is 0 Å². The molecule has 1 aliphatic heterocycles. The van der Waals surface area contributed by atoms with Crippen LogP contribution in [0.3, 0.4) is 0 Å². The molecule has 1 unspecified atom stereocenters. The maximum atomic E-state index is 12.9. The zero-order valence-electron chi connectivity index (χ0n) is 15.9. The first-order valence-electron chi connectivity index (χ1n) is 9.36. The number of benzene rings is 2. The normalized spacial score (nSPS) is 19.8. The van der Waals surface area contributed by atoms with Gasteiger partial charge in [0.2, 0.25) is 17.6 Å². The van der Waals surface area contributed by atoms with E-state index >= 15 is 0 Å². The number of likely N-dealkylation sites (tertiary alicyclic amines) is 1. The van der Waals surface area contributed by atoms with Crippen molar-refractivity contribution in [2.75, 3.05) is 13.1 Å². The minimum Gasteiger partial charge on any atom is -0.369 e. The number of carbonyl (C=O) groups is 1. The highest BCUT2D eigenvalue weighted by Crippen LogP contribution is 2.35. The van der Waals surface area contributed by atoms with Crippen LogP contribution < -0.4 is 5.73 Å². The molecule has 2 heterocycles. The second-order valence-corrected chi connectivity index (χ2v) is 7.36. The van der Waals surface area contributed by atoms with Gasteiger partial charge in [-0.2, -0.15) is 18.2 Å². The van der Waals surface area contributed by atoms with E-state index in [0.717, 1.165) is 17.7 Å². The van der Waals surface area contributed by atoms with Gasteiger partial charge in [0.25, 0.3) is 0 Å².